The maximum atomic E-state index is 10.7. The fourth-order valence-electron chi connectivity index (χ4n) is 1.19. The van der Waals surface area contributed by atoms with Gasteiger partial charge < -0.3 is 5.11 Å². The van der Waals surface area contributed by atoms with Gasteiger partial charge in [0.05, 0.1) is 15.4 Å². The standard InChI is InChI=1S/C9H6N2O6/c12-8(13)5-4-6-2-1-3-7(10(14)15)9(6)11(16)17/h1-5H,(H,12,13)/b5-4+. The predicted octanol–water partition coefficient (Wildman–Crippen LogP) is 1.60. The van der Waals surface area contributed by atoms with Crippen molar-refractivity contribution in [1.82, 2.24) is 0 Å². The van der Waals surface area contributed by atoms with Crippen molar-refractivity contribution in [1.29, 1.82) is 0 Å². The number of nitro groups is 2. The highest BCUT2D eigenvalue weighted by Gasteiger charge is 2.26. The molecule has 0 amide bonds. The van der Waals surface area contributed by atoms with Crippen LogP contribution in [0.1, 0.15) is 5.56 Å². The molecule has 0 fully saturated rings. The van der Waals surface area contributed by atoms with E-state index >= 15 is 0 Å². The van der Waals surface area contributed by atoms with Gasteiger partial charge in [0.15, 0.2) is 0 Å². The number of hydrogen-bond donors (Lipinski definition) is 1. The summed E-state index contributed by atoms with van der Waals surface area (Å²) in [5.41, 5.74) is -1.54. The van der Waals surface area contributed by atoms with E-state index in [1.54, 1.807) is 0 Å². The van der Waals surface area contributed by atoms with E-state index in [0.29, 0.717) is 6.08 Å². The minimum Gasteiger partial charge on any atom is -0.478 e. The molecule has 1 N–H and O–H groups in total. The lowest BCUT2D eigenvalue weighted by Crippen LogP contribution is -1.98. The van der Waals surface area contributed by atoms with Crippen LogP contribution in [-0.2, 0) is 4.79 Å². The Kier molecular flexibility index (Phi) is 3.50. The van der Waals surface area contributed by atoms with E-state index in [1.165, 1.54) is 12.1 Å². The first-order valence-corrected chi connectivity index (χ1v) is 4.26. The van der Waals surface area contributed by atoms with Crippen molar-refractivity contribution in [2.75, 3.05) is 0 Å². The van der Waals surface area contributed by atoms with E-state index in [2.05, 4.69) is 0 Å². The number of carboxylic acids is 1. The molecule has 1 aromatic rings. The third-order valence-electron chi connectivity index (χ3n) is 1.83. The molecule has 1 rings (SSSR count). The van der Waals surface area contributed by atoms with Crippen LogP contribution in [0.2, 0.25) is 0 Å². The molecule has 0 radical (unpaired) electrons. The van der Waals surface area contributed by atoms with Crippen molar-refractivity contribution < 1.29 is 19.7 Å². The van der Waals surface area contributed by atoms with Crippen molar-refractivity contribution in [3.63, 3.8) is 0 Å². The number of nitrogens with zero attached hydrogens (tertiary/aromatic N) is 2. The number of hydrogen-bond acceptors (Lipinski definition) is 5. The second-order valence-corrected chi connectivity index (χ2v) is 2.90. The number of carbonyl (C=O) groups is 1. The molecule has 8 nitrogen and oxygen atoms in total. The summed E-state index contributed by atoms with van der Waals surface area (Å²) < 4.78 is 0. The summed E-state index contributed by atoms with van der Waals surface area (Å²) in [5.74, 6) is -1.30. The molecule has 0 saturated heterocycles. The van der Waals surface area contributed by atoms with E-state index in [1.807, 2.05) is 0 Å². The second kappa shape index (κ2) is 4.84. The second-order valence-electron chi connectivity index (χ2n) is 2.90. The Bertz CT molecular complexity index is 522. The van der Waals surface area contributed by atoms with Gasteiger partial charge in [-0.05, 0) is 12.1 Å². The molecule has 0 bridgehead atoms. The first-order valence-electron chi connectivity index (χ1n) is 4.26. The third-order valence-corrected chi connectivity index (χ3v) is 1.83. The normalized spacial score (nSPS) is 10.4. The first-order chi connectivity index (χ1) is 7.93. The van der Waals surface area contributed by atoms with Gasteiger partial charge in [-0.25, -0.2) is 4.79 Å². The van der Waals surface area contributed by atoms with Crippen LogP contribution in [0.4, 0.5) is 11.4 Å². The third kappa shape index (κ3) is 2.84. The largest absolute Gasteiger partial charge is 0.478 e. The van der Waals surface area contributed by atoms with Gasteiger partial charge in [-0.2, -0.15) is 0 Å². The van der Waals surface area contributed by atoms with Crippen LogP contribution in [0.3, 0.4) is 0 Å². The van der Waals surface area contributed by atoms with Crippen molar-refractivity contribution in [2.45, 2.75) is 0 Å². The summed E-state index contributed by atoms with van der Waals surface area (Å²) in [6.07, 6.45) is 1.61. The minimum absolute atomic E-state index is 0.133. The molecule has 0 atom stereocenters. The average molecular weight is 238 g/mol. The smallest absolute Gasteiger partial charge is 0.353 e. The molecule has 8 heteroatoms. The molecule has 0 aromatic heterocycles. The summed E-state index contributed by atoms with van der Waals surface area (Å²) in [4.78, 5) is 29.8. The van der Waals surface area contributed by atoms with E-state index in [4.69, 9.17) is 5.11 Å². The number of rotatable bonds is 4. The summed E-state index contributed by atoms with van der Waals surface area (Å²) in [5, 5.41) is 29.7. The number of benzene rings is 1. The zero-order valence-corrected chi connectivity index (χ0v) is 8.27. The van der Waals surface area contributed by atoms with Gasteiger partial charge in [-0.3, -0.25) is 20.2 Å². The van der Waals surface area contributed by atoms with E-state index < -0.39 is 27.2 Å². The van der Waals surface area contributed by atoms with Gasteiger partial charge in [0.2, 0.25) is 0 Å². The molecular weight excluding hydrogens is 232 g/mol. The lowest BCUT2D eigenvalue weighted by molar-refractivity contribution is -0.422. The number of para-hydroxylation sites is 1. The lowest BCUT2D eigenvalue weighted by atomic mass is 10.1. The minimum atomic E-state index is -1.30. The molecule has 1 aromatic carbocycles. The molecule has 0 heterocycles. The van der Waals surface area contributed by atoms with Gasteiger partial charge >= 0.3 is 17.3 Å². The van der Waals surface area contributed by atoms with E-state index in [-0.39, 0.29) is 5.56 Å². The molecule has 88 valence electrons. The van der Waals surface area contributed by atoms with Crippen molar-refractivity contribution in [3.05, 3.63) is 50.1 Å². The Morgan fingerprint density at radius 1 is 1.24 bits per heavy atom. The maximum absolute atomic E-state index is 10.7. The van der Waals surface area contributed by atoms with Crippen LogP contribution in [0.5, 0.6) is 0 Å². The van der Waals surface area contributed by atoms with E-state index in [0.717, 1.165) is 12.1 Å². The molecule has 0 spiro atoms. The molecule has 0 unspecified atom stereocenters. The lowest BCUT2D eigenvalue weighted by Gasteiger charge is -1.98. The van der Waals surface area contributed by atoms with Crippen LogP contribution in [0.25, 0.3) is 6.08 Å². The maximum Gasteiger partial charge on any atom is 0.353 e. The zero-order valence-electron chi connectivity index (χ0n) is 8.27. The van der Waals surface area contributed by atoms with Gasteiger partial charge in [0.1, 0.15) is 0 Å². The van der Waals surface area contributed by atoms with Crippen LogP contribution in [0.15, 0.2) is 24.3 Å². The Labute approximate surface area is 94.1 Å². The Hall–Kier alpha value is -2.77. The number of carboxylic acid groups (broad SMARTS) is 1. The highest BCUT2D eigenvalue weighted by atomic mass is 16.6. The first kappa shape index (κ1) is 12.3. The predicted molar refractivity (Wildman–Crippen MR) is 56.4 cm³/mol. The van der Waals surface area contributed by atoms with Crippen LogP contribution < -0.4 is 0 Å². The summed E-state index contributed by atoms with van der Waals surface area (Å²) in [6, 6.07) is 3.45. The molecule has 17 heavy (non-hydrogen) atoms. The Morgan fingerprint density at radius 3 is 2.35 bits per heavy atom. The zero-order chi connectivity index (χ0) is 13.0. The Morgan fingerprint density at radius 2 is 1.88 bits per heavy atom. The fourth-order valence-corrected chi connectivity index (χ4v) is 1.19. The summed E-state index contributed by atoms with van der Waals surface area (Å²) in [7, 11) is 0. The summed E-state index contributed by atoms with van der Waals surface area (Å²) >= 11 is 0. The quantitative estimate of drug-likeness (QED) is 0.482. The number of aliphatic carboxylic acids is 1. The average Bonchev–Trinajstić information content (AvgIpc) is 2.25. The summed E-state index contributed by atoms with van der Waals surface area (Å²) in [6.45, 7) is 0. The SMILES string of the molecule is O=C(O)/C=C/c1cccc([N+](=O)[O-])c1[N+](=O)[O-]. The molecule has 0 aliphatic carbocycles. The van der Waals surface area contributed by atoms with Crippen LogP contribution in [-0.4, -0.2) is 20.9 Å². The highest BCUT2D eigenvalue weighted by molar-refractivity contribution is 5.87. The molecular formula is C9H6N2O6. The van der Waals surface area contributed by atoms with Crippen molar-refractivity contribution in [2.24, 2.45) is 0 Å². The topological polar surface area (TPSA) is 124 Å². The van der Waals surface area contributed by atoms with Gasteiger partial charge in [0.25, 0.3) is 0 Å². The fraction of sp³-hybridized carbons (Fsp3) is 0. The van der Waals surface area contributed by atoms with Crippen molar-refractivity contribution >= 4 is 23.4 Å². The van der Waals surface area contributed by atoms with Crippen LogP contribution >= 0.6 is 0 Å². The number of nitro benzene ring substituents is 2. The van der Waals surface area contributed by atoms with Crippen LogP contribution in [0, 0.1) is 20.2 Å². The van der Waals surface area contributed by atoms with Gasteiger partial charge in [-0.1, -0.05) is 6.07 Å². The molecule has 0 aliphatic heterocycles. The molecule has 0 saturated carbocycles. The monoisotopic (exact) mass is 238 g/mol. The highest BCUT2D eigenvalue weighted by Crippen LogP contribution is 2.31. The van der Waals surface area contributed by atoms with Gasteiger partial charge in [-0.15, -0.1) is 0 Å². The van der Waals surface area contributed by atoms with Crippen molar-refractivity contribution in [3.8, 4) is 0 Å². The Balaban J connectivity index is 3.40. The van der Waals surface area contributed by atoms with E-state index in [9.17, 15) is 25.0 Å². The molecule has 0 aliphatic rings. The van der Waals surface area contributed by atoms with Gasteiger partial charge in [0, 0.05) is 12.1 Å².